The summed E-state index contributed by atoms with van der Waals surface area (Å²) in [4.78, 5) is 22.7. The number of aryl methyl sites for hydroxylation is 1. The van der Waals surface area contributed by atoms with E-state index in [1.54, 1.807) is 0 Å². The zero-order chi connectivity index (χ0) is 14.3. The van der Waals surface area contributed by atoms with Crippen LogP contribution in [0, 0.1) is 0 Å². The van der Waals surface area contributed by atoms with Gasteiger partial charge >= 0.3 is 5.92 Å². The number of nitrogens with one attached hydrogen (secondary N) is 1. The van der Waals surface area contributed by atoms with Crippen LogP contribution in [0.3, 0.4) is 0 Å². The van der Waals surface area contributed by atoms with Gasteiger partial charge in [-0.2, -0.15) is 8.78 Å². The van der Waals surface area contributed by atoms with Gasteiger partial charge in [-0.05, 0) is 25.3 Å². The monoisotopic (exact) mass is 272 g/mol. The van der Waals surface area contributed by atoms with Gasteiger partial charge in [0, 0.05) is 19.3 Å². The smallest absolute Gasteiger partial charge is 0.352 e. The fourth-order valence-corrected chi connectivity index (χ4v) is 1.91. The van der Waals surface area contributed by atoms with Crippen molar-refractivity contribution in [1.29, 1.82) is 0 Å². The Hall–Kier alpha value is -1.76. The Labute approximate surface area is 107 Å². The van der Waals surface area contributed by atoms with Crippen LogP contribution in [0.2, 0.25) is 0 Å². The molecule has 0 unspecified atom stereocenters. The molecule has 1 heterocycles. The van der Waals surface area contributed by atoms with E-state index >= 15 is 0 Å². The summed E-state index contributed by atoms with van der Waals surface area (Å²) in [5.74, 6) is -5.41. The highest BCUT2D eigenvalue weighted by molar-refractivity contribution is 5.97. The van der Waals surface area contributed by atoms with Gasteiger partial charge in [0.1, 0.15) is 5.60 Å². The van der Waals surface area contributed by atoms with Gasteiger partial charge in [0.05, 0.1) is 5.69 Å². The Morgan fingerprint density at radius 2 is 2.11 bits per heavy atom. The van der Waals surface area contributed by atoms with Gasteiger partial charge in [-0.15, -0.1) is 0 Å². The van der Waals surface area contributed by atoms with Gasteiger partial charge in [0.25, 0.3) is 5.91 Å². The molecule has 2 rings (SSSR count). The third kappa shape index (κ3) is 2.25. The summed E-state index contributed by atoms with van der Waals surface area (Å²) in [6.07, 6.45) is 1.52. The molecule has 0 aliphatic heterocycles. The van der Waals surface area contributed by atoms with Crippen LogP contribution in [0.4, 0.5) is 14.5 Å². The fourth-order valence-electron chi connectivity index (χ4n) is 1.91. The molecule has 1 aliphatic rings. The zero-order valence-corrected chi connectivity index (χ0v) is 10.3. The molecule has 0 spiro atoms. The second-order valence-electron chi connectivity index (χ2n) is 4.78. The summed E-state index contributed by atoms with van der Waals surface area (Å²) in [6, 6.07) is 2.40. The van der Waals surface area contributed by atoms with E-state index < -0.39 is 17.4 Å². The number of halogens is 2. The van der Waals surface area contributed by atoms with Crippen molar-refractivity contribution in [2.24, 2.45) is 7.05 Å². The van der Waals surface area contributed by atoms with Crippen LogP contribution < -0.4 is 10.9 Å². The average molecular weight is 272 g/mol. The van der Waals surface area contributed by atoms with Crippen molar-refractivity contribution in [3.63, 3.8) is 0 Å². The number of aromatic nitrogens is 1. The molecule has 2 N–H and O–H groups in total. The van der Waals surface area contributed by atoms with Crippen LogP contribution in [-0.2, 0) is 11.8 Å². The molecule has 1 aromatic rings. The molecule has 19 heavy (non-hydrogen) atoms. The van der Waals surface area contributed by atoms with Gasteiger partial charge in [0.15, 0.2) is 0 Å². The van der Waals surface area contributed by atoms with Crippen molar-refractivity contribution >= 4 is 11.6 Å². The molecule has 1 aromatic heterocycles. The number of hydrogen-bond acceptors (Lipinski definition) is 3. The van der Waals surface area contributed by atoms with E-state index in [2.05, 4.69) is 0 Å². The molecule has 1 saturated carbocycles. The van der Waals surface area contributed by atoms with E-state index in [-0.39, 0.29) is 24.1 Å². The minimum absolute atomic E-state index is 0.0784. The van der Waals surface area contributed by atoms with E-state index in [1.165, 1.54) is 19.3 Å². The Bertz CT molecular complexity index is 564. The van der Waals surface area contributed by atoms with Crippen LogP contribution in [-0.4, -0.2) is 27.1 Å². The first kappa shape index (κ1) is 13.7. The van der Waals surface area contributed by atoms with Crippen molar-refractivity contribution in [3.8, 4) is 0 Å². The highest BCUT2D eigenvalue weighted by atomic mass is 19.3. The molecule has 1 aliphatic carbocycles. The topological polar surface area (TPSA) is 71.3 Å². The molecular weight excluding hydrogens is 258 g/mol. The van der Waals surface area contributed by atoms with Crippen LogP contribution in [0.15, 0.2) is 23.1 Å². The molecule has 0 saturated heterocycles. The number of hydrogen-bond donors (Lipinski definition) is 2. The van der Waals surface area contributed by atoms with Crippen LogP contribution in [0.5, 0.6) is 0 Å². The Morgan fingerprint density at radius 3 is 2.58 bits per heavy atom. The first-order valence-corrected chi connectivity index (χ1v) is 5.85. The SMILES string of the molecule is Cn1cc(NC(=O)C(F)(F)C2(O)CCC2)ccc1=O. The van der Waals surface area contributed by atoms with Gasteiger partial charge < -0.3 is 15.0 Å². The van der Waals surface area contributed by atoms with Crippen molar-refractivity contribution in [3.05, 3.63) is 28.7 Å². The van der Waals surface area contributed by atoms with Gasteiger partial charge in [0.2, 0.25) is 5.56 Å². The summed E-state index contributed by atoms with van der Waals surface area (Å²) in [5.41, 5.74) is -2.49. The average Bonchev–Trinajstić information content (AvgIpc) is 2.30. The van der Waals surface area contributed by atoms with Crippen LogP contribution >= 0.6 is 0 Å². The number of carbonyl (C=O) groups excluding carboxylic acids is 1. The van der Waals surface area contributed by atoms with Crippen molar-refractivity contribution < 1.29 is 18.7 Å². The van der Waals surface area contributed by atoms with Crippen molar-refractivity contribution in [2.45, 2.75) is 30.8 Å². The van der Waals surface area contributed by atoms with E-state index in [0.29, 0.717) is 6.42 Å². The van der Waals surface area contributed by atoms with E-state index in [0.717, 1.165) is 10.6 Å². The molecule has 0 bridgehead atoms. The molecule has 1 fully saturated rings. The molecule has 104 valence electrons. The van der Waals surface area contributed by atoms with Gasteiger partial charge in [-0.3, -0.25) is 9.59 Å². The van der Waals surface area contributed by atoms with Crippen molar-refractivity contribution in [2.75, 3.05) is 5.32 Å². The number of anilines is 1. The molecular formula is C12H14F2N2O3. The number of nitrogens with zero attached hydrogens (tertiary/aromatic N) is 1. The highest BCUT2D eigenvalue weighted by Crippen LogP contribution is 2.44. The summed E-state index contributed by atoms with van der Waals surface area (Å²) >= 11 is 0. The maximum Gasteiger partial charge on any atom is 0.352 e. The number of rotatable bonds is 3. The second-order valence-corrected chi connectivity index (χ2v) is 4.78. The maximum atomic E-state index is 13.8. The minimum atomic E-state index is -3.85. The third-order valence-corrected chi connectivity index (χ3v) is 3.39. The molecule has 5 nitrogen and oxygen atoms in total. The summed E-state index contributed by atoms with van der Waals surface area (Å²) < 4.78 is 28.7. The summed E-state index contributed by atoms with van der Waals surface area (Å²) in [5, 5.41) is 11.6. The predicted molar refractivity (Wildman–Crippen MR) is 64.1 cm³/mol. The van der Waals surface area contributed by atoms with Crippen LogP contribution in [0.1, 0.15) is 19.3 Å². The van der Waals surface area contributed by atoms with Crippen molar-refractivity contribution in [1.82, 2.24) is 4.57 Å². The predicted octanol–water partition coefficient (Wildman–Crippen LogP) is 0.874. The third-order valence-electron chi connectivity index (χ3n) is 3.39. The quantitative estimate of drug-likeness (QED) is 0.857. The van der Waals surface area contributed by atoms with Gasteiger partial charge in [-0.1, -0.05) is 0 Å². The second kappa shape index (κ2) is 4.41. The first-order valence-electron chi connectivity index (χ1n) is 5.85. The summed E-state index contributed by atoms with van der Waals surface area (Å²) in [6.45, 7) is 0. The molecule has 7 heteroatoms. The molecule has 0 aromatic carbocycles. The van der Waals surface area contributed by atoms with Gasteiger partial charge in [-0.25, -0.2) is 0 Å². The number of aliphatic hydroxyl groups is 1. The molecule has 1 amide bonds. The lowest BCUT2D eigenvalue weighted by molar-refractivity contribution is -0.212. The minimum Gasteiger partial charge on any atom is -0.383 e. The molecule has 0 atom stereocenters. The summed E-state index contributed by atoms with van der Waals surface area (Å²) in [7, 11) is 1.44. The Kier molecular flexibility index (Phi) is 3.17. The maximum absolute atomic E-state index is 13.8. The zero-order valence-electron chi connectivity index (χ0n) is 10.3. The number of pyridine rings is 1. The lowest BCUT2D eigenvalue weighted by atomic mass is 9.75. The first-order chi connectivity index (χ1) is 8.76. The number of carbonyl (C=O) groups is 1. The Morgan fingerprint density at radius 1 is 1.47 bits per heavy atom. The van der Waals surface area contributed by atoms with E-state index in [1.807, 2.05) is 5.32 Å². The lowest BCUT2D eigenvalue weighted by Gasteiger charge is -2.41. The van der Waals surface area contributed by atoms with E-state index in [4.69, 9.17) is 0 Å². The normalized spacial score (nSPS) is 17.7. The Balaban J connectivity index is 2.16. The molecule has 0 radical (unpaired) electrons. The fraction of sp³-hybridized carbons (Fsp3) is 0.500. The highest BCUT2D eigenvalue weighted by Gasteiger charge is 2.61. The van der Waals surface area contributed by atoms with E-state index in [9.17, 15) is 23.5 Å². The number of alkyl halides is 2. The lowest BCUT2D eigenvalue weighted by Crippen LogP contribution is -2.59. The standard InChI is InChI=1S/C12H14F2N2O3/c1-16-7-8(3-4-9(16)17)15-10(18)12(13,14)11(19)5-2-6-11/h3-4,7,19H,2,5-6H2,1H3,(H,15,18). The van der Waals surface area contributed by atoms with Crippen LogP contribution in [0.25, 0.3) is 0 Å². The largest absolute Gasteiger partial charge is 0.383 e. The number of amides is 1.